The van der Waals surface area contributed by atoms with E-state index in [4.69, 9.17) is 15.3 Å². The number of morpholine rings is 1. The van der Waals surface area contributed by atoms with E-state index in [1.165, 1.54) is 25.5 Å². The number of nitrogens with two attached hydrogens (primary N) is 1. The molecule has 2 N–H and O–H groups in total. The van der Waals surface area contributed by atoms with E-state index in [1.54, 1.807) is 0 Å². The molecular weight excluding hydrogens is 308 g/mol. The molecule has 24 heavy (non-hydrogen) atoms. The molecule has 2 saturated heterocycles. The van der Waals surface area contributed by atoms with Crippen molar-refractivity contribution in [3.63, 3.8) is 0 Å². The molecule has 0 saturated carbocycles. The van der Waals surface area contributed by atoms with E-state index in [-0.39, 0.29) is 0 Å². The predicted octanol–water partition coefficient (Wildman–Crippen LogP) is 0.471. The minimum atomic E-state index is 0.380. The van der Waals surface area contributed by atoms with Crippen LogP contribution < -0.4 is 15.5 Å². The molecule has 0 aromatic carbocycles. The Morgan fingerprint density at radius 1 is 1.17 bits per heavy atom. The number of anilines is 1. The van der Waals surface area contributed by atoms with E-state index in [1.807, 2.05) is 6.07 Å². The fraction of sp³-hybridized carbons (Fsp3) is 0.688. The zero-order valence-corrected chi connectivity index (χ0v) is 14.1. The molecule has 8 heteroatoms. The van der Waals surface area contributed by atoms with Gasteiger partial charge in [-0.05, 0) is 25.9 Å². The molecule has 0 unspecified atom stereocenters. The Kier molecular flexibility index (Phi) is 6.20. The highest BCUT2D eigenvalue weighted by Crippen LogP contribution is 2.17. The number of rotatable bonds is 6. The van der Waals surface area contributed by atoms with Crippen LogP contribution in [0.4, 0.5) is 5.82 Å². The zero-order chi connectivity index (χ0) is 16.6. The maximum atomic E-state index is 5.80. The summed E-state index contributed by atoms with van der Waals surface area (Å²) in [6.07, 6.45) is 5.41. The van der Waals surface area contributed by atoms with Gasteiger partial charge in [-0.25, -0.2) is 0 Å². The van der Waals surface area contributed by atoms with Crippen LogP contribution in [0.2, 0.25) is 0 Å². The summed E-state index contributed by atoms with van der Waals surface area (Å²) in [4.78, 5) is 13.5. The van der Waals surface area contributed by atoms with Crippen molar-refractivity contribution in [3.05, 3.63) is 11.8 Å². The molecule has 0 aliphatic carbocycles. The van der Waals surface area contributed by atoms with Gasteiger partial charge in [-0.15, -0.1) is 0 Å². The van der Waals surface area contributed by atoms with Crippen molar-refractivity contribution in [2.45, 2.75) is 19.3 Å². The van der Waals surface area contributed by atoms with Gasteiger partial charge in [0.1, 0.15) is 12.4 Å². The SMILES string of the molecule is N/N=C/c1cc(N2CCOCC2)nc(OCCN2CCCCC2)n1. The van der Waals surface area contributed by atoms with Crippen LogP contribution >= 0.6 is 0 Å². The monoisotopic (exact) mass is 334 g/mol. The highest BCUT2D eigenvalue weighted by Gasteiger charge is 2.16. The first-order valence-electron chi connectivity index (χ1n) is 8.65. The Morgan fingerprint density at radius 3 is 2.71 bits per heavy atom. The van der Waals surface area contributed by atoms with Crippen molar-refractivity contribution < 1.29 is 9.47 Å². The average Bonchev–Trinajstić information content (AvgIpc) is 2.63. The molecule has 3 heterocycles. The van der Waals surface area contributed by atoms with E-state index in [0.717, 1.165) is 38.5 Å². The lowest BCUT2D eigenvalue weighted by molar-refractivity contribution is 0.122. The molecule has 1 aromatic heterocycles. The number of hydrogen-bond acceptors (Lipinski definition) is 8. The van der Waals surface area contributed by atoms with Gasteiger partial charge in [-0.1, -0.05) is 6.42 Å². The minimum absolute atomic E-state index is 0.380. The predicted molar refractivity (Wildman–Crippen MR) is 92.6 cm³/mol. The Morgan fingerprint density at radius 2 is 1.96 bits per heavy atom. The second-order valence-corrected chi connectivity index (χ2v) is 6.06. The first kappa shape index (κ1) is 16.9. The Labute approximate surface area is 142 Å². The van der Waals surface area contributed by atoms with Crippen molar-refractivity contribution in [2.75, 3.05) is 57.4 Å². The highest BCUT2D eigenvalue weighted by atomic mass is 16.5. The third kappa shape index (κ3) is 4.78. The minimum Gasteiger partial charge on any atom is -0.462 e. The van der Waals surface area contributed by atoms with Crippen molar-refractivity contribution in [3.8, 4) is 6.01 Å². The van der Waals surface area contributed by atoms with Gasteiger partial charge < -0.3 is 20.2 Å². The second kappa shape index (κ2) is 8.79. The molecule has 0 bridgehead atoms. The number of ether oxygens (including phenoxy) is 2. The molecule has 8 nitrogen and oxygen atoms in total. The van der Waals surface area contributed by atoms with Gasteiger partial charge in [-0.3, -0.25) is 4.90 Å². The fourth-order valence-electron chi connectivity index (χ4n) is 3.04. The maximum Gasteiger partial charge on any atom is 0.319 e. The number of hydrazone groups is 1. The van der Waals surface area contributed by atoms with Crippen LogP contribution in [-0.2, 0) is 4.74 Å². The van der Waals surface area contributed by atoms with E-state index >= 15 is 0 Å². The normalized spacial score (nSPS) is 19.8. The van der Waals surface area contributed by atoms with Crippen LogP contribution in [0, 0.1) is 0 Å². The lowest BCUT2D eigenvalue weighted by Gasteiger charge is -2.28. The molecule has 1 aromatic rings. The van der Waals surface area contributed by atoms with Gasteiger partial charge in [0.2, 0.25) is 0 Å². The third-order valence-electron chi connectivity index (χ3n) is 4.34. The number of hydrogen-bond donors (Lipinski definition) is 1. The zero-order valence-electron chi connectivity index (χ0n) is 14.1. The molecule has 0 radical (unpaired) electrons. The van der Waals surface area contributed by atoms with E-state index in [9.17, 15) is 0 Å². The Bertz CT molecular complexity index is 541. The lowest BCUT2D eigenvalue weighted by atomic mass is 10.1. The summed E-state index contributed by atoms with van der Waals surface area (Å²) in [7, 11) is 0. The first-order valence-corrected chi connectivity index (χ1v) is 8.65. The molecule has 0 spiro atoms. The molecule has 132 valence electrons. The third-order valence-corrected chi connectivity index (χ3v) is 4.34. The summed E-state index contributed by atoms with van der Waals surface area (Å²) in [6, 6.07) is 2.25. The van der Waals surface area contributed by atoms with Crippen molar-refractivity contribution >= 4 is 12.0 Å². The van der Waals surface area contributed by atoms with Crippen molar-refractivity contribution in [2.24, 2.45) is 10.9 Å². The van der Waals surface area contributed by atoms with Crippen molar-refractivity contribution in [1.82, 2.24) is 14.9 Å². The summed E-state index contributed by atoms with van der Waals surface area (Å²) in [6.45, 7) is 6.83. The topological polar surface area (TPSA) is 89.1 Å². The average molecular weight is 334 g/mol. The Hall–Kier alpha value is -1.93. The van der Waals surface area contributed by atoms with Crippen LogP contribution in [0.25, 0.3) is 0 Å². The first-order chi connectivity index (χ1) is 11.8. The fourth-order valence-corrected chi connectivity index (χ4v) is 3.04. The molecule has 2 aliphatic rings. The molecule has 0 atom stereocenters. The molecular formula is C16H26N6O2. The van der Waals surface area contributed by atoms with Gasteiger partial charge in [0.05, 0.1) is 25.1 Å². The quantitative estimate of drug-likeness (QED) is 0.459. The number of likely N-dealkylation sites (tertiary alicyclic amines) is 1. The summed E-state index contributed by atoms with van der Waals surface area (Å²) >= 11 is 0. The van der Waals surface area contributed by atoms with Gasteiger partial charge >= 0.3 is 6.01 Å². The lowest BCUT2D eigenvalue weighted by Crippen LogP contribution is -2.37. The van der Waals surface area contributed by atoms with Crippen LogP contribution in [-0.4, -0.2) is 73.6 Å². The Balaban J connectivity index is 1.63. The van der Waals surface area contributed by atoms with Crippen LogP contribution in [0.3, 0.4) is 0 Å². The van der Waals surface area contributed by atoms with E-state index in [0.29, 0.717) is 31.5 Å². The summed E-state index contributed by atoms with van der Waals surface area (Å²) in [5, 5.41) is 3.56. The standard InChI is InChI=1S/C16H26N6O2/c17-18-13-14-12-15(22-7-9-23-10-8-22)20-16(19-14)24-11-6-21-4-2-1-3-5-21/h12-13H,1-11,17H2/b18-13+. The van der Waals surface area contributed by atoms with Gasteiger partial charge in [-0.2, -0.15) is 15.1 Å². The number of aromatic nitrogens is 2. The summed E-state index contributed by atoms with van der Waals surface area (Å²) in [5.41, 5.74) is 0.655. The van der Waals surface area contributed by atoms with E-state index in [2.05, 4.69) is 24.9 Å². The van der Waals surface area contributed by atoms with Crippen LogP contribution in [0.1, 0.15) is 25.0 Å². The van der Waals surface area contributed by atoms with Crippen molar-refractivity contribution in [1.29, 1.82) is 0 Å². The number of nitrogens with zero attached hydrogens (tertiary/aromatic N) is 5. The van der Waals surface area contributed by atoms with Crippen LogP contribution in [0.15, 0.2) is 11.2 Å². The van der Waals surface area contributed by atoms with Gasteiger partial charge in [0.25, 0.3) is 0 Å². The van der Waals surface area contributed by atoms with Crippen LogP contribution in [0.5, 0.6) is 6.01 Å². The summed E-state index contributed by atoms with van der Waals surface area (Å²) in [5.74, 6) is 6.09. The molecule has 3 rings (SSSR count). The second-order valence-electron chi connectivity index (χ2n) is 6.06. The molecule has 0 amide bonds. The molecule has 2 fully saturated rings. The summed E-state index contributed by atoms with van der Waals surface area (Å²) < 4.78 is 11.2. The number of piperidine rings is 1. The van der Waals surface area contributed by atoms with Gasteiger partial charge in [0, 0.05) is 25.7 Å². The molecule has 2 aliphatic heterocycles. The maximum absolute atomic E-state index is 5.80. The largest absolute Gasteiger partial charge is 0.462 e. The van der Waals surface area contributed by atoms with Gasteiger partial charge in [0.15, 0.2) is 0 Å². The highest BCUT2D eigenvalue weighted by molar-refractivity contribution is 5.78. The smallest absolute Gasteiger partial charge is 0.319 e. The van der Waals surface area contributed by atoms with E-state index < -0.39 is 0 Å².